The number of nitrogens with one attached hydrogen (secondary N) is 1. The van der Waals surface area contributed by atoms with Crippen molar-refractivity contribution in [2.75, 3.05) is 13.2 Å². The molecule has 0 atom stereocenters. The number of thiophene rings is 1. The molecule has 0 bridgehead atoms. The first-order valence-corrected chi connectivity index (χ1v) is 6.61. The van der Waals surface area contributed by atoms with E-state index in [9.17, 15) is 9.59 Å². The Kier molecular flexibility index (Phi) is 3.86. The van der Waals surface area contributed by atoms with Crippen LogP contribution in [0.4, 0.5) is 0 Å². The average Bonchev–Trinajstić information content (AvgIpc) is 3.06. The standard InChI is InChI=1S/C12H15NO4S/c1-7-4-9(11(18-7)12(15)16)17-6-10(14)13-5-8-2-3-8/h4,8H,2-3,5-6H2,1H3,(H,13,14)(H,15,16). The van der Waals surface area contributed by atoms with Gasteiger partial charge in [-0.15, -0.1) is 11.3 Å². The van der Waals surface area contributed by atoms with E-state index < -0.39 is 5.97 Å². The smallest absolute Gasteiger partial charge is 0.349 e. The topological polar surface area (TPSA) is 75.6 Å². The molecule has 6 heteroatoms. The summed E-state index contributed by atoms with van der Waals surface area (Å²) in [5, 5.41) is 11.7. The van der Waals surface area contributed by atoms with Gasteiger partial charge < -0.3 is 15.2 Å². The van der Waals surface area contributed by atoms with E-state index in [1.807, 2.05) is 0 Å². The molecule has 1 aromatic heterocycles. The van der Waals surface area contributed by atoms with Crippen molar-refractivity contribution in [3.63, 3.8) is 0 Å². The second kappa shape index (κ2) is 5.39. The minimum atomic E-state index is -1.03. The number of carboxylic acid groups (broad SMARTS) is 1. The zero-order chi connectivity index (χ0) is 13.1. The summed E-state index contributed by atoms with van der Waals surface area (Å²) in [6.07, 6.45) is 2.35. The van der Waals surface area contributed by atoms with Crippen LogP contribution in [0.2, 0.25) is 0 Å². The van der Waals surface area contributed by atoms with Crippen molar-refractivity contribution in [2.24, 2.45) is 5.92 Å². The number of ether oxygens (including phenoxy) is 1. The summed E-state index contributed by atoms with van der Waals surface area (Å²) < 4.78 is 5.25. The molecule has 0 aromatic carbocycles. The third-order valence-electron chi connectivity index (χ3n) is 2.66. The lowest BCUT2D eigenvalue weighted by atomic mass is 10.4. The largest absolute Gasteiger partial charge is 0.482 e. The molecule has 0 saturated heterocycles. The molecular formula is C12H15NO4S. The van der Waals surface area contributed by atoms with Crippen LogP contribution in [0.3, 0.4) is 0 Å². The lowest BCUT2D eigenvalue weighted by Gasteiger charge is -2.06. The Morgan fingerprint density at radius 3 is 2.89 bits per heavy atom. The molecule has 1 amide bonds. The molecule has 1 fully saturated rings. The summed E-state index contributed by atoms with van der Waals surface area (Å²) in [6.45, 7) is 2.36. The molecule has 1 heterocycles. The summed E-state index contributed by atoms with van der Waals surface area (Å²) >= 11 is 1.15. The fourth-order valence-electron chi connectivity index (χ4n) is 1.52. The number of carbonyl (C=O) groups excluding carboxylic acids is 1. The molecule has 18 heavy (non-hydrogen) atoms. The number of hydrogen-bond acceptors (Lipinski definition) is 4. The van der Waals surface area contributed by atoms with Gasteiger partial charge in [-0.2, -0.15) is 0 Å². The Bertz CT molecular complexity index is 465. The molecule has 0 aliphatic heterocycles. The highest BCUT2D eigenvalue weighted by molar-refractivity contribution is 7.14. The van der Waals surface area contributed by atoms with Crippen molar-refractivity contribution in [1.82, 2.24) is 5.32 Å². The molecular weight excluding hydrogens is 254 g/mol. The lowest BCUT2D eigenvalue weighted by Crippen LogP contribution is -2.30. The van der Waals surface area contributed by atoms with Crippen LogP contribution in [-0.4, -0.2) is 30.1 Å². The summed E-state index contributed by atoms with van der Waals surface area (Å²) in [4.78, 5) is 23.4. The van der Waals surface area contributed by atoms with Gasteiger partial charge in [-0.1, -0.05) is 0 Å². The van der Waals surface area contributed by atoms with Gasteiger partial charge in [-0.3, -0.25) is 4.79 Å². The number of amides is 1. The summed E-state index contributed by atoms with van der Waals surface area (Å²) in [5.74, 6) is -0.345. The highest BCUT2D eigenvalue weighted by Crippen LogP contribution is 2.29. The van der Waals surface area contributed by atoms with Crippen LogP contribution in [0.15, 0.2) is 6.07 Å². The van der Waals surface area contributed by atoms with Gasteiger partial charge in [0.1, 0.15) is 5.75 Å². The predicted molar refractivity (Wildman–Crippen MR) is 67.2 cm³/mol. The van der Waals surface area contributed by atoms with Gasteiger partial charge in [0, 0.05) is 11.4 Å². The molecule has 2 N–H and O–H groups in total. The number of aryl methyl sites for hydroxylation is 1. The Morgan fingerprint density at radius 1 is 1.56 bits per heavy atom. The second-order valence-corrected chi connectivity index (χ2v) is 5.65. The van der Waals surface area contributed by atoms with E-state index in [1.54, 1.807) is 13.0 Å². The van der Waals surface area contributed by atoms with E-state index in [0.29, 0.717) is 12.5 Å². The van der Waals surface area contributed by atoms with Gasteiger partial charge in [-0.25, -0.2) is 4.79 Å². The Hall–Kier alpha value is -1.56. The normalized spacial score (nSPS) is 14.3. The van der Waals surface area contributed by atoms with Crippen LogP contribution in [0.5, 0.6) is 5.75 Å². The number of hydrogen-bond donors (Lipinski definition) is 2. The first-order chi connectivity index (χ1) is 8.56. The molecule has 5 nitrogen and oxygen atoms in total. The average molecular weight is 269 g/mol. The predicted octanol–water partition coefficient (Wildman–Crippen LogP) is 1.66. The van der Waals surface area contributed by atoms with Crippen LogP contribution in [-0.2, 0) is 4.79 Å². The molecule has 0 spiro atoms. The summed E-state index contributed by atoms with van der Waals surface area (Å²) in [5.41, 5.74) is 0. The van der Waals surface area contributed by atoms with Crippen LogP contribution in [0, 0.1) is 12.8 Å². The minimum Gasteiger partial charge on any atom is -0.482 e. The first-order valence-electron chi connectivity index (χ1n) is 5.79. The quantitative estimate of drug-likeness (QED) is 0.823. The zero-order valence-corrected chi connectivity index (χ0v) is 10.9. The van der Waals surface area contributed by atoms with Crippen LogP contribution >= 0.6 is 11.3 Å². The van der Waals surface area contributed by atoms with Gasteiger partial charge in [0.25, 0.3) is 5.91 Å². The number of carboxylic acids is 1. The Morgan fingerprint density at radius 2 is 2.28 bits per heavy atom. The molecule has 0 radical (unpaired) electrons. The van der Waals surface area contributed by atoms with Crippen molar-refractivity contribution >= 4 is 23.2 Å². The highest BCUT2D eigenvalue weighted by atomic mass is 32.1. The van der Waals surface area contributed by atoms with Gasteiger partial charge in [-0.05, 0) is 31.7 Å². The van der Waals surface area contributed by atoms with Gasteiger partial charge in [0.05, 0.1) is 0 Å². The lowest BCUT2D eigenvalue weighted by molar-refractivity contribution is -0.123. The SMILES string of the molecule is Cc1cc(OCC(=O)NCC2CC2)c(C(=O)O)s1. The third kappa shape index (κ3) is 3.46. The number of rotatable bonds is 6. The van der Waals surface area contributed by atoms with Gasteiger partial charge in [0.2, 0.25) is 0 Å². The summed E-state index contributed by atoms with van der Waals surface area (Å²) in [6, 6.07) is 1.64. The number of carbonyl (C=O) groups is 2. The molecule has 0 unspecified atom stereocenters. The van der Waals surface area contributed by atoms with E-state index in [0.717, 1.165) is 16.2 Å². The molecule has 1 aliphatic carbocycles. The molecule has 1 aromatic rings. The van der Waals surface area contributed by atoms with Gasteiger partial charge in [0.15, 0.2) is 11.5 Å². The number of aromatic carboxylic acids is 1. The van der Waals surface area contributed by atoms with E-state index in [2.05, 4.69) is 5.32 Å². The van der Waals surface area contributed by atoms with Gasteiger partial charge >= 0.3 is 5.97 Å². The van der Waals surface area contributed by atoms with E-state index >= 15 is 0 Å². The van der Waals surface area contributed by atoms with Crippen LogP contribution in [0.1, 0.15) is 27.4 Å². The maximum absolute atomic E-state index is 11.5. The fraction of sp³-hybridized carbons (Fsp3) is 0.500. The maximum atomic E-state index is 11.5. The van der Waals surface area contributed by atoms with Crippen molar-refractivity contribution in [3.05, 3.63) is 15.8 Å². The van der Waals surface area contributed by atoms with Crippen LogP contribution < -0.4 is 10.1 Å². The van der Waals surface area contributed by atoms with Crippen molar-refractivity contribution in [1.29, 1.82) is 0 Å². The van der Waals surface area contributed by atoms with E-state index in [4.69, 9.17) is 9.84 Å². The fourth-order valence-corrected chi connectivity index (χ4v) is 2.32. The Balaban J connectivity index is 1.84. The zero-order valence-electron chi connectivity index (χ0n) is 10.1. The molecule has 2 rings (SSSR count). The highest BCUT2D eigenvalue weighted by Gasteiger charge is 2.22. The second-order valence-electron chi connectivity index (χ2n) is 4.39. The monoisotopic (exact) mass is 269 g/mol. The molecule has 1 saturated carbocycles. The van der Waals surface area contributed by atoms with Crippen molar-refractivity contribution < 1.29 is 19.4 Å². The summed E-state index contributed by atoms with van der Waals surface area (Å²) in [7, 11) is 0. The maximum Gasteiger partial charge on any atom is 0.349 e. The van der Waals surface area contributed by atoms with E-state index in [1.165, 1.54) is 12.8 Å². The first kappa shape index (κ1) is 12.9. The third-order valence-corrected chi connectivity index (χ3v) is 3.68. The Labute approximate surface area is 109 Å². The van der Waals surface area contributed by atoms with Crippen molar-refractivity contribution in [3.8, 4) is 5.75 Å². The minimum absolute atomic E-state index is 0.136. The molecule has 98 valence electrons. The van der Waals surface area contributed by atoms with Crippen molar-refractivity contribution in [2.45, 2.75) is 19.8 Å². The van der Waals surface area contributed by atoms with E-state index in [-0.39, 0.29) is 23.1 Å². The van der Waals surface area contributed by atoms with Crippen LogP contribution in [0.25, 0.3) is 0 Å². The molecule has 1 aliphatic rings.